The summed E-state index contributed by atoms with van der Waals surface area (Å²) in [7, 11) is 1.22. The molecule has 5 nitrogen and oxygen atoms in total. The van der Waals surface area contributed by atoms with Crippen molar-refractivity contribution in [2.24, 2.45) is 5.73 Å². The molecule has 1 saturated heterocycles. The van der Waals surface area contributed by atoms with Crippen molar-refractivity contribution < 1.29 is 19.1 Å². The van der Waals surface area contributed by atoms with E-state index < -0.39 is 24.1 Å². The Kier molecular flexibility index (Phi) is 1.58. The van der Waals surface area contributed by atoms with Crippen LogP contribution < -0.4 is 5.73 Å². The van der Waals surface area contributed by atoms with Crippen molar-refractivity contribution in [2.75, 3.05) is 7.11 Å². The second kappa shape index (κ2) is 2.26. The van der Waals surface area contributed by atoms with E-state index in [9.17, 15) is 9.59 Å². The number of ether oxygens (including phenoxy) is 2. The van der Waals surface area contributed by atoms with Crippen molar-refractivity contribution in [3.05, 3.63) is 0 Å². The molecule has 0 unspecified atom stereocenters. The summed E-state index contributed by atoms with van der Waals surface area (Å²) in [5, 5.41) is 0. The average Bonchev–Trinajstić information content (AvgIpc) is 2.64. The zero-order valence-corrected chi connectivity index (χ0v) is 5.37. The number of primary amides is 1. The molecule has 0 radical (unpaired) electrons. The van der Waals surface area contributed by atoms with Crippen LogP contribution in [-0.4, -0.2) is 31.2 Å². The van der Waals surface area contributed by atoms with Gasteiger partial charge in [0, 0.05) is 0 Å². The fourth-order valence-corrected chi connectivity index (χ4v) is 0.624. The summed E-state index contributed by atoms with van der Waals surface area (Å²) in [6.45, 7) is 0. The topological polar surface area (TPSA) is 81.9 Å². The van der Waals surface area contributed by atoms with Gasteiger partial charge in [-0.2, -0.15) is 0 Å². The molecule has 0 aromatic carbocycles. The number of rotatable bonds is 2. The molecular weight excluding hydrogens is 138 g/mol. The number of esters is 1. The highest BCUT2D eigenvalue weighted by molar-refractivity contribution is 5.91. The number of nitrogens with two attached hydrogens (primary N) is 1. The Hall–Kier alpha value is -1.10. The summed E-state index contributed by atoms with van der Waals surface area (Å²) in [6.07, 6.45) is -1.53. The number of hydrogen-bond acceptors (Lipinski definition) is 4. The van der Waals surface area contributed by atoms with Crippen LogP contribution in [0.5, 0.6) is 0 Å². The second-order valence-electron chi connectivity index (χ2n) is 1.90. The number of amides is 1. The Morgan fingerprint density at radius 1 is 1.50 bits per heavy atom. The van der Waals surface area contributed by atoms with Crippen molar-refractivity contribution in [1.82, 2.24) is 0 Å². The maximum absolute atomic E-state index is 10.5. The summed E-state index contributed by atoms with van der Waals surface area (Å²) in [5.41, 5.74) is 4.81. The van der Waals surface area contributed by atoms with E-state index >= 15 is 0 Å². The van der Waals surface area contributed by atoms with Crippen molar-refractivity contribution in [2.45, 2.75) is 12.2 Å². The maximum Gasteiger partial charge on any atom is 0.338 e. The molecule has 5 heteroatoms. The molecule has 0 aromatic heterocycles. The molecule has 56 valence electrons. The van der Waals surface area contributed by atoms with Crippen molar-refractivity contribution >= 4 is 11.9 Å². The van der Waals surface area contributed by atoms with E-state index in [1.807, 2.05) is 0 Å². The lowest BCUT2D eigenvalue weighted by Crippen LogP contribution is -2.23. The molecule has 1 aliphatic heterocycles. The van der Waals surface area contributed by atoms with Crippen LogP contribution in [0.4, 0.5) is 0 Å². The molecule has 0 spiro atoms. The van der Waals surface area contributed by atoms with E-state index in [1.54, 1.807) is 0 Å². The lowest BCUT2D eigenvalue weighted by molar-refractivity contribution is -0.142. The highest BCUT2D eigenvalue weighted by Crippen LogP contribution is 2.22. The van der Waals surface area contributed by atoms with E-state index in [2.05, 4.69) is 9.47 Å². The van der Waals surface area contributed by atoms with E-state index in [0.717, 1.165) is 0 Å². The van der Waals surface area contributed by atoms with Gasteiger partial charge in [-0.25, -0.2) is 4.79 Å². The van der Waals surface area contributed by atoms with Gasteiger partial charge in [-0.05, 0) is 0 Å². The van der Waals surface area contributed by atoms with Crippen LogP contribution in [0, 0.1) is 0 Å². The smallest absolute Gasteiger partial charge is 0.338 e. The van der Waals surface area contributed by atoms with Crippen LogP contribution >= 0.6 is 0 Å². The number of methoxy groups -OCH3 is 1. The van der Waals surface area contributed by atoms with Gasteiger partial charge in [-0.15, -0.1) is 0 Å². The predicted molar refractivity (Wildman–Crippen MR) is 29.9 cm³/mol. The first-order valence-electron chi connectivity index (χ1n) is 2.69. The minimum absolute atomic E-state index is 0.552. The van der Waals surface area contributed by atoms with Gasteiger partial charge in [-0.1, -0.05) is 0 Å². The lowest BCUT2D eigenvalue weighted by atomic mass is 10.3. The van der Waals surface area contributed by atoms with Crippen molar-refractivity contribution in [1.29, 1.82) is 0 Å². The number of carbonyl (C=O) groups excluding carboxylic acids is 2. The van der Waals surface area contributed by atoms with E-state index in [1.165, 1.54) is 7.11 Å². The third kappa shape index (κ3) is 1.08. The van der Waals surface area contributed by atoms with E-state index in [-0.39, 0.29) is 0 Å². The zero-order chi connectivity index (χ0) is 7.72. The van der Waals surface area contributed by atoms with Crippen LogP contribution in [0.15, 0.2) is 0 Å². The molecule has 1 rings (SSSR count). The van der Waals surface area contributed by atoms with Gasteiger partial charge < -0.3 is 15.2 Å². The third-order valence-corrected chi connectivity index (χ3v) is 1.21. The monoisotopic (exact) mass is 145 g/mol. The molecule has 1 heterocycles. The minimum Gasteiger partial charge on any atom is -0.467 e. The Bertz CT molecular complexity index is 178. The molecule has 2 N–H and O–H groups in total. The van der Waals surface area contributed by atoms with Gasteiger partial charge in [0.2, 0.25) is 5.91 Å². The first-order valence-corrected chi connectivity index (χ1v) is 2.69. The third-order valence-electron chi connectivity index (χ3n) is 1.21. The van der Waals surface area contributed by atoms with Gasteiger partial charge in [0.15, 0.2) is 12.2 Å². The fraction of sp³-hybridized carbons (Fsp3) is 0.600. The highest BCUT2D eigenvalue weighted by Gasteiger charge is 2.50. The van der Waals surface area contributed by atoms with Gasteiger partial charge in [0.05, 0.1) is 7.11 Å². The Morgan fingerprint density at radius 2 is 2.10 bits per heavy atom. The SMILES string of the molecule is COC(=O)[C@H]1O[C@@H]1C(N)=O. The summed E-state index contributed by atoms with van der Waals surface area (Å²) >= 11 is 0. The standard InChI is InChI=1S/C5H7NO4/c1-9-5(8)3-2(10-3)4(6)7/h2-3H,1H3,(H2,6,7)/t2-,3-/m0/s1. The van der Waals surface area contributed by atoms with Gasteiger partial charge in [0.1, 0.15) is 0 Å². The van der Waals surface area contributed by atoms with Crippen LogP contribution in [0.25, 0.3) is 0 Å². The van der Waals surface area contributed by atoms with Gasteiger partial charge in [0.25, 0.3) is 0 Å². The number of carbonyl (C=O) groups is 2. The molecule has 10 heavy (non-hydrogen) atoms. The molecule has 0 saturated carbocycles. The molecule has 1 fully saturated rings. The second-order valence-corrected chi connectivity index (χ2v) is 1.90. The minimum atomic E-state index is -0.771. The summed E-state index contributed by atoms with van der Waals surface area (Å²) in [4.78, 5) is 20.8. The highest BCUT2D eigenvalue weighted by atomic mass is 16.6. The number of epoxide rings is 1. The van der Waals surface area contributed by atoms with Crippen molar-refractivity contribution in [3.8, 4) is 0 Å². The van der Waals surface area contributed by atoms with Crippen LogP contribution in [0.1, 0.15) is 0 Å². The summed E-state index contributed by atoms with van der Waals surface area (Å²) in [6, 6.07) is 0. The largest absolute Gasteiger partial charge is 0.467 e. The summed E-state index contributed by atoms with van der Waals surface area (Å²) in [5.74, 6) is -1.18. The molecule has 1 amide bonds. The quantitative estimate of drug-likeness (QED) is 0.375. The first-order chi connectivity index (χ1) is 4.66. The fourth-order valence-electron chi connectivity index (χ4n) is 0.624. The van der Waals surface area contributed by atoms with E-state index in [4.69, 9.17) is 5.73 Å². The molecule has 0 bridgehead atoms. The van der Waals surface area contributed by atoms with Gasteiger partial charge >= 0.3 is 5.97 Å². The van der Waals surface area contributed by atoms with Gasteiger partial charge in [-0.3, -0.25) is 4.79 Å². The molecule has 0 aliphatic carbocycles. The Morgan fingerprint density at radius 3 is 2.40 bits per heavy atom. The van der Waals surface area contributed by atoms with Crippen LogP contribution in [0.3, 0.4) is 0 Å². The molecule has 0 aromatic rings. The molecular formula is C5H7NO4. The van der Waals surface area contributed by atoms with Crippen molar-refractivity contribution in [3.63, 3.8) is 0 Å². The normalized spacial score (nSPS) is 29.3. The Labute approximate surface area is 57.1 Å². The zero-order valence-electron chi connectivity index (χ0n) is 5.37. The maximum atomic E-state index is 10.5. The van der Waals surface area contributed by atoms with Crippen LogP contribution in [0.2, 0.25) is 0 Å². The molecule has 2 atom stereocenters. The lowest BCUT2D eigenvalue weighted by Gasteiger charge is -1.89. The van der Waals surface area contributed by atoms with Crippen LogP contribution in [-0.2, 0) is 19.1 Å². The predicted octanol–water partition coefficient (Wildman–Crippen LogP) is -1.59. The Balaban J connectivity index is 2.38. The molecule has 1 aliphatic rings. The number of hydrogen-bond donors (Lipinski definition) is 1. The van der Waals surface area contributed by atoms with E-state index in [0.29, 0.717) is 0 Å². The summed E-state index contributed by atoms with van der Waals surface area (Å²) < 4.78 is 8.86. The first kappa shape index (κ1) is 7.01. The average molecular weight is 145 g/mol.